The minimum Gasteiger partial charge on any atom is -0.385 e. The summed E-state index contributed by atoms with van der Waals surface area (Å²) in [6.45, 7) is 14.6. The van der Waals surface area contributed by atoms with Gasteiger partial charge in [0.25, 0.3) is 0 Å². The van der Waals surface area contributed by atoms with Gasteiger partial charge in [0.05, 0.1) is 5.60 Å². The molecule has 0 aromatic rings. The van der Waals surface area contributed by atoms with E-state index in [9.17, 15) is 9.90 Å². The molecule has 2 aliphatic rings. The van der Waals surface area contributed by atoms with E-state index in [1.54, 1.807) is 0 Å². The highest BCUT2D eigenvalue weighted by Gasteiger charge is 2.57. The van der Waals surface area contributed by atoms with Crippen LogP contribution in [0.3, 0.4) is 0 Å². The Morgan fingerprint density at radius 2 is 2.00 bits per heavy atom. The summed E-state index contributed by atoms with van der Waals surface area (Å²) in [7, 11) is 2.15. The Labute approximate surface area is 148 Å². The molecular formula is C21H37NO2. The summed E-state index contributed by atoms with van der Waals surface area (Å²) in [5.41, 5.74) is -0.255. The van der Waals surface area contributed by atoms with E-state index >= 15 is 0 Å². The fraction of sp³-hybridized carbons (Fsp3) is 0.857. The van der Waals surface area contributed by atoms with Gasteiger partial charge in [-0.2, -0.15) is 0 Å². The van der Waals surface area contributed by atoms with E-state index in [1.165, 1.54) is 6.29 Å². The normalized spacial score (nSPS) is 43.1. The number of carbonyl (C=O) groups is 1. The average Bonchev–Trinajstić information content (AvgIpc) is 2.67. The second kappa shape index (κ2) is 7.29. The first-order valence-electron chi connectivity index (χ1n) is 9.76. The van der Waals surface area contributed by atoms with E-state index in [-0.39, 0.29) is 17.3 Å². The zero-order chi connectivity index (χ0) is 18.1. The van der Waals surface area contributed by atoms with Crippen molar-refractivity contribution in [1.82, 2.24) is 4.90 Å². The minimum absolute atomic E-state index is 0.0876. The first kappa shape index (κ1) is 19.7. The van der Waals surface area contributed by atoms with Crippen molar-refractivity contribution in [3.8, 4) is 0 Å². The monoisotopic (exact) mass is 335 g/mol. The summed E-state index contributed by atoms with van der Waals surface area (Å²) in [5.74, 6) is 1.28. The molecule has 3 nitrogen and oxygen atoms in total. The Kier molecular flexibility index (Phi) is 5.97. The molecule has 6 atom stereocenters. The molecule has 0 aliphatic heterocycles. The molecule has 0 radical (unpaired) electrons. The van der Waals surface area contributed by atoms with Crippen LogP contribution in [0.1, 0.15) is 59.8 Å². The standard InChI is InChI=1S/C21H37NO2/c1-7-22(6)13-19-16(4)9-10-18-17(5)21(24,15(2)3)12-8-11-20(18,19)14-23/h14,16-19,24H,2,7-13H2,1,3-6H3. The van der Waals surface area contributed by atoms with Crippen LogP contribution in [-0.2, 0) is 4.79 Å². The summed E-state index contributed by atoms with van der Waals surface area (Å²) in [4.78, 5) is 14.8. The largest absolute Gasteiger partial charge is 0.385 e. The summed E-state index contributed by atoms with van der Waals surface area (Å²) < 4.78 is 0. The number of hydrogen-bond acceptors (Lipinski definition) is 3. The Hall–Kier alpha value is -0.670. The lowest BCUT2D eigenvalue weighted by Gasteiger charge is -2.53. The summed E-state index contributed by atoms with van der Waals surface area (Å²) in [6, 6.07) is 0. The maximum absolute atomic E-state index is 12.5. The first-order valence-corrected chi connectivity index (χ1v) is 9.76. The average molecular weight is 336 g/mol. The number of nitrogens with zero attached hydrogens (tertiary/aromatic N) is 1. The summed E-state index contributed by atoms with van der Waals surface area (Å²) in [5, 5.41) is 11.3. The van der Waals surface area contributed by atoms with Crippen LogP contribution >= 0.6 is 0 Å². The topological polar surface area (TPSA) is 40.5 Å². The molecule has 138 valence electrons. The highest BCUT2D eigenvalue weighted by Crippen LogP contribution is 2.57. The van der Waals surface area contributed by atoms with Crippen molar-refractivity contribution in [3.63, 3.8) is 0 Å². The smallest absolute Gasteiger partial charge is 0.126 e. The highest BCUT2D eigenvalue weighted by molar-refractivity contribution is 5.61. The Balaban J connectivity index is 2.44. The van der Waals surface area contributed by atoms with Crippen LogP contribution in [0.4, 0.5) is 0 Å². The highest BCUT2D eigenvalue weighted by atomic mass is 16.3. The molecule has 0 heterocycles. The lowest BCUT2D eigenvalue weighted by atomic mass is 9.52. The predicted molar refractivity (Wildman–Crippen MR) is 99.8 cm³/mol. The number of aliphatic hydroxyl groups is 1. The molecular weight excluding hydrogens is 298 g/mol. The fourth-order valence-electron chi connectivity index (χ4n) is 5.68. The van der Waals surface area contributed by atoms with E-state index in [2.05, 4.69) is 39.3 Å². The number of fused-ring (bicyclic) bond motifs is 1. The summed E-state index contributed by atoms with van der Waals surface area (Å²) >= 11 is 0. The van der Waals surface area contributed by atoms with E-state index in [4.69, 9.17) is 0 Å². The SMILES string of the molecule is C=C(C)C1(O)CCCC2(C=O)C(CN(C)CC)C(C)CCC2C1C. The second-order valence-corrected chi connectivity index (χ2v) is 8.70. The third-order valence-corrected chi connectivity index (χ3v) is 7.53. The number of carbonyl (C=O) groups excluding carboxylic acids is 1. The maximum Gasteiger partial charge on any atom is 0.126 e. The van der Waals surface area contributed by atoms with Gasteiger partial charge in [0, 0.05) is 12.0 Å². The van der Waals surface area contributed by atoms with Gasteiger partial charge in [-0.3, -0.25) is 0 Å². The van der Waals surface area contributed by atoms with Crippen LogP contribution in [0.25, 0.3) is 0 Å². The molecule has 0 aromatic carbocycles. The van der Waals surface area contributed by atoms with Crippen molar-refractivity contribution < 1.29 is 9.90 Å². The van der Waals surface area contributed by atoms with Crippen LogP contribution in [0.15, 0.2) is 12.2 Å². The molecule has 2 rings (SSSR count). The van der Waals surface area contributed by atoms with Crippen LogP contribution < -0.4 is 0 Å². The molecule has 0 saturated heterocycles. The molecule has 2 aliphatic carbocycles. The van der Waals surface area contributed by atoms with Gasteiger partial charge in [0.2, 0.25) is 0 Å². The van der Waals surface area contributed by atoms with Crippen molar-refractivity contribution in [3.05, 3.63) is 12.2 Å². The van der Waals surface area contributed by atoms with Crippen molar-refractivity contribution >= 4 is 6.29 Å². The zero-order valence-electron chi connectivity index (χ0n) is 16.3. The van der Waals surface area contributed by atoms with Gasteiger partial charge in [0.15, 0.2) is 0 Å². The molecule has 3 heteroatoms. The van der Waals surface area contributed by atoms with E-state index < -0.39 is 5.60 Å². The first-order chi connectivity index (χ1) is 11.2. The summed E-state index contributed by atoms with van der Waals surface area (Å²) in [6.07, 6.45) is 6.03. The predicted octanol–water partition coefficient (Wildman–Crippen LogP) is 3.91. The second-order valence-electron chi connectivity index (χ2n) is 8.70. The van der Waals surface area contributed by atoms with Crippen LogP contribution in [0.5, 0.6) is 0 Å². The molecule has 0 amide bonds. The molecule has 0 aromatic heterocycles. The Morgan fingerprint density at radius 1 is 1.33 bits per heavy atom. The molecule has 2 fully saturated rings. The van der Waals surface area contributed by atoms with Gasteiger partial charge in [-0.1, -0.05) is 33.8 Å². The van der Waals surface area contributed by atoms with E-state index in [1.807, 2.05) is 6.92 Å². The lowest BCUT2D eigenvalue weighted by Crippen LogP contribution is -2.54. The van der Waals surface area contributed by atoms with E-state index in [0.29, 0.717) is 11.8 Å². The Bertz CT molecular complexity index is 476. The molecule has 0 spiro atoms. The minimum atomic E-state index is -0.822. The fourth-order valence-corrected chi connectivity index (χ4v) is 5.68. The van der Waals surface area contributed by atoms with Crippen molar-refractivity contribution in [2.75, 3.05) is 20.1 Å². The quantitative estimate of drug-likeness (QED) is 0.611. The van der Waals surface area contributed by atoms with Gasteiger partial charge in [-0.15, -0.1) is 0 Å². The van der Waals surface area contributed by atoms with Crippen LogP contribution in [-0.4, -0.2) is 42.0 Å². The zero-order valence-corrected chi connectivity index (χ0v) is 16.3. The van der Waals surface area contributed by atoms with Gasteiger partial charge < -0.3 is 14.8 Å². The van der Waals surface area contributed by atoms with Crippen molar-refractivity contribution in [2.24, 2.45) is 29.1 Å². The van der Waals surface area contributed by atoms with E-state index in [0.717, 1.165) is 50.8 Å². The number of aldehydes is 1. The van der Waals surface area contributed by atoms with Gasteiger partial charge in [-0.05, 0) is 75.4 Å². The van der Waals surface area contributed by atoms with Gasteiger partial charge in [0.1, 0.15) is 6.29 Å². The van der Waals surface area contributed by atoms with Crippen molar-refractivity contribution in [1.29, 1.82) is 0 Å². The number of rotatable bonds is 5. The van der Waals surface area contributed by atoms with Crippen molar-refractivity contribution in [2.45, 2.75) is 65.4 Å². The molecule has 1 N–H and O–H groups in total. The molecule has 24 heavy (non-hydrogen) atoms. The maximum atomic E-state index is 12.5. The molecule has 0 bridgehead atoms. The van der Waals surface area contributed by atoms with Gasteiger partial charge in [-0.25, -0.2) is 0 Å². The Morgan fingerprint density at radius 3 is 2.54 bits per heavy atom. The molecule has 6 unspecified atom stereocenters. The van der Waals surface area contributed by atoms with Gasteiger partial charge >= 0.3 is 0 Å². The third-order valence-electron chi connectivity index (χ3n) is 7.53. The lowest BCUT2D eigenvalue weighted by molar-refractivity contribution is -0.136. The molecule has 2 saturated carbocycles. The third kappa shape index (κ3) is 3.10. The number of hydrogen-bond donors (Lipinski definition) is 1. The van der Waals surface area contributed by atoms with Crippen LogP contribution in [0, 0.1) is 29.1 Å². The van der Waals surface area contributed by atoms with Crippen LogP contribution in [0.2, 0.25) is 0 Å².